The highest BCUT2D eigenvalue weighted by atomic mass is 16.3. The van der Waals surface area contributed by atoms with Crippen molar-refractivity contribution in [1.29, 1.82) is 0 Å². The molecular formula is C49H30O. The molecule has 0 aliphatic heterocycles. The first kappa shape index (κ1) is 27.5. The average Bonchev–Trinajstić information content (AvgIpc) is 3.70. The SMILES string of the molecule is c1ccc(C2(c3ccccc3)c3ccccc3-c3cc4c(cc32)oc2cc(-c3ccc5c6ccccc6c6ccccc6c5c3)ccc24)cc1. The molecule has 1 aliphatic rings. The van der Waals surface area contributed by atoms with Gasteiger partial charge in [-0.05, 0) is 107 Å². The number of fused-ring (bicyclic) bond motifs is 12. The highest BCUT2D eigenvalue weighted by Crippen LogP contribution is 2.57. The third-order valence-electron chi connectivity index (χ3n) is 11.1. The fraction of sp³-hybridized carbons (Fsp3) is 0.0204. The van der Waals surface area contributed by atoms with Crippen LogP contribution >= 0.6 is 0 Å². The minimum Gasteiger partial charge on any atom is -0.456 e. The standard InChI is InChI=1S/C49H30O/c1-3-13-33(14-4-1)49(34-15-5-2-6-16-34)45-22-12-11-21-40(45)43-29-44-41-26-24-32(28-47(41)50-48(44)30-46(43)49)31-23-25-39-37-19-8-7-17-35(37)36-18-9-10-20-38(36)42(39)27-31/h1-30H. The molecular weight excluding hydrogens is 605 g/mol. The molecule has 10 aromatic rings. The Hall–Kier alpha value is -6.44. The number of hydrogen-bond acceptors (Lipinski definition) is 1. The Labute approximate surface area is 289 Å². The van der Waals surface area contributed by atoms with Gasteiger partial charge in [0.15, 0.2) is 0 Å². The van der Waals surface area contributed by atoms with Crippen molar-refractivity contribution in [3.8, 4) is 22.3 Å². The van der Waals surface area contributed by atoms with Crippen LogP contribution in [0.15, 0.2) is 186 Å². The Morgan fingerprint density at radius 3 is 1.46 bits per heavy atom. The molecule has 0 bridgehead atoms. The zero-order valence-electron chi connectivity index (χ0n) is 27.2. The summed E-state index contributed by atoms with van der Waals surface area (Å²) in [5.41, 5.74) is 11.3. The molecule has 0 amide bonds. The first-order valence-corrected chi connectivity index (χ1v) is 17.3. The molecule has 1 heteroatoms. The van der Waals surface area contributed by atoms with Crippen LogP contribution in [0.1, 0.15) is 22.3 Å². The summed E-state index contributed by atoms with van der Waals surface area (Å²) in [6, 6.07) is 66.6. The Balaban J connectivity index is 1.13. The lowest BCUT2D eigenvalue weighted by atomic mass is 9.67. The molecule has 0 N–H and O–H groups in total. The third-order valence-corrected chi connectivity index (χ3v) is 11.1. The monoisotopic (exact) mass is 634 g/mol. The zero-order chi connectivity index (χ0) is 32.8. The van der Waals surface area contributed by atoms with E-state index in [2.05, 4.69) is 182 Å². The van der Waals surface area contributed by atoms with Gasteiger partial charge in [-0.15, -0.1) is 0 Å². The second kappa shape index (κ2) is 10.3. The maximum absolute atomic E-state index is 6.82. The largest absolute Gasteiger partial charge is 0.456 e. The van der Waals surface area contributed by atoms with Crippen LogP contribution in [-0.4, -0.2) is 0 Å². The van der Waals surface area contributed by atoms with Crippen LogP contribution in [0.25, 0.3) is 76.5 Å². The summed E-state index contributed by atoms with van der Waals surface area (Å²) in [6.45, 7) is 0. The molecule has 1 nitrogen and oxygen atoms in total. The van der Waals surface area contributed by atoms with Gasteiger partial charge in [-0.1, -0.05) is 152 Å². The van der Waals surface area contributed by atoms with E-state index in [1.54, 1.807) is 0 Å². The number of hydrogen-bond donors (Lipinski definition) is 0. The van der Waals surface area contributed by atoms with Gasteiger partial charge in [0.05, 0.1) is 5.41 Å². The molecule has 0 radical (unpaired) electrons. The van der Waals surface area contributed by atoms with E-state index >= 15 is 0 Å². The molecule has 0 saturated heterocycles. The molecule has 50 heavy (non-hydrogen) atoms. The van der Waals surface area contributed by atoms with Gasteiger partial charge >= 0.3 is 0 Å². The van der Waals surface area contributed by atoms with Crippen LogP contribution in [0.4, 0.5) is 0 Å². The van der Waals surface area contributed by atoms with Crippen LogP contribution in [-0.2, 0) is 5.41 Å². The molecule has 9 aromatic carbocycles. The van der Waals surface area contributed by atoms with Crippen molar-refractivity contribution in [3.63, 3.8) is 0 Å². The van der Waals surface area contributed by atoms with Gasteiger partial charge in [0.1, 0.15) is 11.2 Å². The number of furan rings is 1. The first-order chi connectivity index (χ1) is 24.8. The summed E-state index contributed by atoms with van der Waals surface area (Å²) in [5, 5.41) is 9.99. The number of rotatable bonds is 3. The van der Waals surface area contributed by atoms with Crippen molar-refractivity contribution in [1.82, 2.24) is 0 Å². The van der Waals surface area contributed by atoms with E-state index in [0.29, 0.717) is 0 Å². The molecule has 1 aromatic heterocycles. The smallest absolute Gasteiger partial charge is 0.136 e. The summed E-state index contributed by atoms with van der Waals surface area (Å²) in [7, 11) is 0. The molecule has 0 atom stereocenters. The average molecular weight is 635 g/mol. The van der Waals surface area contributed by atoms with Crippen molar-refractivity contribution < 1.29 is 4.42 Å². The topological polar surface area (TPSA) is 13.1 Å². The van der Waals surface area contributed by atoms with Crippen LogP contribution < -0.4 is 0 Å². The third kappa shape index (κ3) is 3.67. The van der Waals surface area contributed by atoms with E-state index in [-0.39, 0.29) is 0 Å². The van der Waals surface area contributed by atoms with E-state index in [1.807, 2.05) is 0 Å². The molecule has 0 spiro atoms. The molecule has 0 fully saturated rings. The summed E-state index contributed by atoms with van der Waals surface area (Å²) < 4.78 is 6.82. The molecule has 1 aliphatic carbocycles. The normalized spacial score (nSPS) is 13.4. The van der Waals surface area contributed by atoms with Crippen molar-refractivity contribution in [2.75, 3.05) is 0 Å². The van der Waals surface area contributed by atoms with E-state index in [0.717, 1.165) is 27.5 Å². The fourth-order valence-electron chi connectivity index (χ4n) is 8.98. The maximum atomic E-state index is 6.82. The molecule has 0 unspecified atom stereocenters. The summed E-state index contributed by atoms with van der Waals surface area (Å²) in [4.78, 5) is 0. The van der Waals surface area contributed by atoms with E-state index < -0.39 is 5.41 Å². The summed E-state index contributed by atoms with van der Waals surface area (Å²) in [5.74, 6) is 0. The summed E-state index contributed by atoms with van der Waals surface area (Å²) >= 11 is 0. The molecule has 1 heterocycles. The van der Waals surface area contributed by atoms with E-state index in [4.69, 9.17) is 4.42 Å². The van der Waals surface area contributed by atoms with Gasteiger partial charge < -0.3 is 4.42 Å². The minimum atomic E-state index is -0.454. The molecule has 232 valence electrons. The minimum absolute atomic E-state index is 0.454. The van der Waals surface area contributed by atoms with E-state index in [1.165, 1.54) is 71.3 Å². The predicted molar refractivity (Wildman–Crippen MR) is 209 cm³/mol. The Morgan fingerprint density at radius 1 is 0.300 bits per heavy atom. The lowest BCUT2D eigenvalue weighted by Crippen LogP contribution is -2.28. The van der Waals surface area contributed by atoms with Gasteiger partial charge in [0, 0.05) is 10.8 Å². The van der Waals surface area contributed by atoms with Crippen molar-refractivity contribution in [3.05, 3.63) is 204 Å². The van der Waals surface area contributed by atoms with Gasteiger partial charge in [0.25, 0.3) is 0 Å². The van der Waals surface area contributed by atoms with E-state index in [9.17, 15) is 0 Å². The van der Waals surface area contributed by atoms with Crippen LogP contribution in [0, 0.1) is 0 Å². The Morgan fingerprint density at radius 2 is 0.800 bits per heavy atom. The second-order valence-electron chi connectivity index (χ2n) is 13.6. The lowest BCUT2D eigenvalue weighted by molar-refractivity contribution is 0.666. The second-order valence-corrected chi connectivity index (χ2v) is 13.6. The Bertz CT molecular complexity index is 2890. The van der Waals surface area contributed by atoms with Gasteiger partial charge in [-0.2, -0.15) is 0 Å². The van der Waals surface area contributed by atoms with Gasteiger partial charge in [-0.25, -0.2) is 0 Å². The quantitative estimate of drug-likeness (QED) is 0.176. The van der Waals surface area contributed by atoms with Gasteiger partial charge in [0.2, 0.25) is 0 Å². The molecule has 0 saturated carbocycles. The van der Waals surface area contributed by atoms with Gasteiger partial charge in [-0.3, -0.25) is 0 Å². The highest BCUT2D eigenvalue weighted by Gasteiger charge is 2.46. The first-order valence-electron chi connectivity index (χ1n) is 17.3. The highest BCUT2D eigenvalue weighted by molar-refractivity contribution is 6.25. The molecule has 11 rings (SSSR count). The van der Waals surface area contributed by atoms with Crippen molar-refractivity contribution >= 4 is 54.3 Å². The van der Waals surface area contributed by atoms with Crippen molar-refractivity contribution in [2.24, 2.45) is 0 Å². The summed E-state index contributed by atoms with van der Waals surface area (Å²) in [6.07, 6.45) is 0. The fourth-order valence-corrected chi connectivity index (χ4v) is 8.98. The van der Waals surface area contributed by atoms with Crippen LogP contribution in [0.5, 0.6) is 0 Å². The van der Waals surface area contributed by atoms with Crippen LogP contribution in [0.2, 0.25) is 0 Å². The van der Waals surface area contributed by atoms with Crippen LogP contribution in [0.3, 0.4) is 0 Å². The maximum Gasteiger partial charge on any atom is 0.136 e. The lowest BCUT2D eigenvalue weighted by Gasteiger charge is -2.33. The zero-order valence-corrected chi connectivity index (χ0v) is 27.2. The Kier molecular flexibility index (Phi) is 5.66. The number of benzene rings is 9. The predicted octanol–water partition coefficient (Wildman–Crippen LogP) is 13.1. The van der Waals surface area contributed by atoms with Crippen molar-refractivity contribution in [2.45, 2.75) is 5.41 Å².